The summed E-state index contributed by atoms with van der Waals surface area (Å²) in [5.41, 5.74) is 6.50. The molecule has 0 atom stereocenters. The van der Waals surface area contributed by atoms with E-state index >= 15 is 0 Å². The Kier molecular flexibility index (Phi) is 2.60. The van der Waals surface area contributed by atoms with E-state index in [1.54, 1.807) is 13.0 Å². The largest absolute Gasteiger partial charge is 0.295 e. The molecule has 1 nitrogen and oxygen atoms in total. The highest BCUT2D eigenvalue weighted by Crippen LogP contribution is 2.36. The number of benzene rings is 2. The van der Waals surface area contributed by atoms with E-state index in [1.807, 2.05) is 6.08 Å². The van der Waals surface area contributed by atoms with Crippen LogP contribution in [-0.4, -0.2) is 5.78 Å². The van der Waals surface area contributed by atoms with Crippen molar-refractivity contribution in [3.63, 3.8) is 0 Å². The zero-order chi connectivity index (χ0) is 12.5. The number of carbonyl (C=O) groups excluding carboxylic acids is 1. The van der Waals surface area contributed by atoms with Crippen LogP contribution in [0.5, 0.6) is 0 Å². The Bertz CT molecular complexity index is 650. The van der Waals surface area contributed by atoms with E-state index in [2.05, 4.69) is 42.5 Å². The van der Waals surface area contributed by atoms with Crippen LogP contribution in [0.4, 0.5) is 0 Å². The fourth-order valence-corrected chi connectivity index (χ4v) is 2.48. The molecule has 1 aliphatic carbocycles. The van der Waals surface area contributed by atoms with Gasteiger partial charge in [0.2, 0.25) is 0 Å². The number of rotatable bonds is 2. The van der Waals surface area contributed by atoms with Gasteiger partial charge in [0.05, 0.1) is 0 Å². The van der Waals surface area contributed by atoms with Gasteiger partial charge in [-0.2, -0.15) is 0 Å². The molecular weight excluding hydrogens is 220 g/mol. The first-order chi connectivity index (χ1) is 8.74. The topological polar surface area (TPSA) is 17.1 Å². The molecule has 0 saturated carbocycles. The maximum Gasteiger partial charge on any atom is 0.152 e. The van der Waals surface area contributed by atoms with Crippen molar-refractivity contribution >= 4 is 11.9 Å². The summed E-state index contributed by atoms with van der Waals surface area (Å²) in [7, 11) is 0. The number of hydrogen-bond acceptors (Lipinski definition) is 1. The molecule has 0 spiro atoms. The van der Waals surface area contributed by atoms with E-state index < -0.39 is 0 Å². The standard InChI is InChI=1S/C17H14O/c1-12(18)6-7-13-8-9-17-15(10-13)11-14-4-2-3-5-16(14)17/h2-10H,11H2,1H3/b7-6+. The third kappa shape index (κ3) is 1.88. The molecule has 1 aliphatic rings. The smallest absolute Gasteiger partial charge is 0.152 e. The van der Waals surface area contributed by atoms with Gasteiger partial charge in [0.1, 0.15) is 0 Å². The Balaban J connectivity index is 2.01. The molecule has 18 heavy (non-hydrogen) atoms. The molecule has 0 amide bonds. The van der Waals surface area contributed by atoms with Crippen molar-refractivity contribution in [3.05, 3.63) is 65.2 Å². The van der Waals surface area contributed by atoms with Crippen LogP contribution in [0.3, 0.4) is 0 Å². The first-order valence-corrected chi connectivity index (χ1v) is 6.14. The number of fused-ring (bicyclic) bond motifs is 3. The molecule has 0 aromatic heterocycles. The van der Waals surface area contributed by atoms with Crippen LogP contribution in [0.2, 0.25) is 0 Å². The van der Waals surface area contributed by atoms with Gasteiger partial charge in [-0.05, 0) is 47.2 Å². The number of carbonyl (C=O) groups is 1. The zero-order valence-corrected chi connectivity index (χ0v) is 10.3. The van der Waals surface area contributed by atoms with E-state index in [0.29, 0.717) is 0 Å². The second kappa shape index (κ2) is 4.26. The summed E-state index contributed by atoms with van der Waals surface area (Å²) in [6.45, 7) is 1.57. The second-order valence-electron chi connectivity index (χ2n) is 4.69. The summed E-state index contributed by atoms with van der Waals surface area (Å²) in [5.74, 6) is 0.0822. The molecule has 0 radical (unpaired) electrons. The molecule has 1 heteroatoms. The summed E-state index contributed by atoms with van der Waals surface area (Å²) < 4.78 is 0. The lowest BCUT2D eigenvalue weighted by molar-refractivity contribution is -0.112. The van der Waals surface area contributed by atoms with E-state index in [-0.39, 0.29) is 5.78 Å². The van der Waals surface area contributed by atoms with Gasteiger partial charge in [-0.15, -0.1) is 0 Å². The zero-order valence-electron chi connectivity index (χ0n) is 10.3. The van der Waals surface area contributed by atoms with Crippen LogP contribution in [0.15, 0.2) is 48.5 Å². The summed E-state index contributed by atoms with van der Waals surface area (Å²) >= 11 is 0. The molecule has 0 fully saturated rings. The van der Waals surface area contributed by atoms with Crippen molar-refractivity contribution in [2.45, 2.75) is 13.3 Å². The third-order valence-electron chi connectivity index (χ3n) is 3.33. The first kappa shape index (κ1) is 11.0. The lowest BCUT2D eigenvalue weighted by Crippen LogP contribution is -1.84. The lowest BCUT2D eigenvalue weighted by atomic mass is 10.0. The van der Waals surface area contributed by atoms with Crippen LogP contribution in [-0.2, 0) is 11.2 Å². The maximum atomic E-state index is 10.9. The fourth-order valence-electron chi connectivity index (χ4n) is 2.48. The van der Waals surface area contributed by atoms with Crippen LogP contribution in [0.25, 0.3) is 17.2 Å². The second-order valence-corrected chi connectivity index (χ2v) is 4.69. The Hall–Kier alpha value is -2.15. The fraction of sp³-hybridized carbons (Fsp3) is 0.118. The summed E-state index contributed by atoms with van der Waals surface area (Å²) in [6, 6.07) is 14.9. The molecule has 0 heterocycles. The highest BCUT2D eigenvalue weighted by molar-refractivity contribution is 5.91. The highest BCUT2D eigenvalue weighted by atomic mass is 16.1. The molecule has 0 bridgehead atoms. The number of ketones is 1. The minimum Gasteiger partial charge on any atom is -0.295 e. The van der Waals surface area contributed by atoms with Crippen molar-refractivity contribution < 1.29 is 4.79 Å². The van der Waals surface area contributed by atoms with E-state index in [1.165, 1.54) is 22.3 Å². The minimum absolute atomic E-state index is 0.0822. The molecule has 0 N–H and O–H groups in total. The molecular formula is C17H14O. The van der Waals surface area contributed by atoms with E-state index in [4.69, 9.17) is 0 Å². The predicted octanol–water partition coefficient (Wildman–Crippen LogP) is 3.86. The minimum atomic E-state index is 0.0822. The van der Waals surface area contributed by atoms with Gasteiger partial charge in [0.25, 0.3) is 0 Å². The molecule has 2 aromatic carbocycles. The van der Waals surface area contributed by atoms with Crippen molar-refractivity contribution in [1.29, 1.82) is 0 Å². The van der Waals surface area contributed by atoms with Crippen LogP contribution >= 0.6 is 0 Å². The van der Waals surface area contributed by atoms with E-state index in [0.717, 1.165) is 12.0 Å². The van der Waals surface area contributed by atoms with Gasteiger partial charge in [-0.3, -0.25) is 4.79 Å². The summed E-state index contributed by atoms with van der Waals surface area (Å²) in [6.07, 6.45) is 4.49. The Morgan fingerprint density at radius 3 is 2.67 bits per heavy atom. The van der Waals surface area contributed by atoms with Gasteiger partial charge in [-0.1, -0.05) is 48.5 Å². The van der Waals surface area contributed by atoms with E-state index in [9.17, 15) is 4.79 Å². The van der Waals surface area contributed by atoms with Crippen LogP contribution < -0.4 is 0 Å². The van der Waals surface area contributed by atoms with Gasteiger partial charge in [0.15, 0.2) is 5.78 Å². The maximum absolute atomic E-state index is 10.9. The molecule has 3 rings (SSSR count). The Morgan fingerprint density at radius 1 is 1.06 bits per heavy atom. The van der Waals surface area contributed by atoms with Gasteiger partial charge in [0, 0.05) is 0 Å². The van der Waals surface area contributed by atoms with Crippen molar-refractivity contribution in [1.82, 2.24) is 0 Å². The third-order valence-corrected chi connectivity index (χ3v) is 3.33. The Morgan fingerprint density at radius 2 is 1.83 bits per heavy atom. The summed E-state index contributed by atoms with van der Waals surface area (Å²) in [4.78, 5) is 10.9. The molecule has 0 aliphatic heterocycles. The summed E-state index contributed by atoms with van der Waals surface area (Å²) in [5, 5.41) is 0. The lowest BCUT2D eigenvalue weighted by Gasteiger charge is -2.01. The van der Waals surface area contributed by atoms with Gasteiger partial charge >= 0.3 is 0 Å². The van der Waals surface area contributed by atoms with Crippen molar-refractivity contribution in [2.24, 2.45) is 0 Å². The average molecular weight is 234 g/mol. The van der Waals surface area contributed by atoms with Crippen molar-refractivity contribution in [3.8, 4) is 11.1 Å². The van der Waals surface area contributed by atoms with Crippen LogP contribution in [0.1, 0.15) is 23.6 Å². The Labute approximate surface area is 107 Å². The van der Waals surface area contributed by atoms with Gasteiger partial charge < -0.3 is 0 Å². The molecule has 0 unspecified atom stereocenters. The highest BCUT2D eigenvalue weighted by Gasteiger charge is 2.17. The van der Waals surface area contributed by atoms with Gasteiger partial charge in [-0.25, -0.2) is 0 Å². The normalized spacial score (nSPS) is 12.5. The number of allylic oxidation sites excluding steroid dienone is 1. The monoisotopic (exact) mass is 234 g/mol. The quantitative estimate of drug-likeness (QED) is 0.615. The molecule has 88 valence electrons. The molecule has 0 saturated heterocycles. The van der Waals surface area contributed by atoms with Crippen LogP contribution in [0, 0.1) is 0 Å². The first-order valence-electron chi connectivity index (χ1n) is 6.14. The SMILES string of the molecule is CC(=O)/C=C/c1ccc2c(c1)Cc1ccccc1-2. The average Bonchev–Trinajstić information content (AvgIpc) is 2.73. The molecule has 2 aromatic rings. The number of hydrogen-bond donors (Lipinski definition) is 0. The van der Waals surface area contributed by atoms with Crippen molar-refractivity contribution in [2.75, 3.05) is 0 Å². The predicted molar refractivity (Wildman–Crippen MR) is 74.4 cm³/mol.